The zero-order valence-corrected chi connectivity index (χ0v) is 9.41. The third-order valence-electron chi connectivity index (χ3n) is 2.19. The van der Waals surface area contributed by atoms with E-state index in [4.69, 9.17) is 15.5 Å². The van der Waals surface area contributed by atoms with Gasteiger partial charge in [-0.05, 0) is 18.4 Å². The normalized spacial score (nSPS) is 10.0. The molecule has 2 rings (SSSR count). The third-order valence-corrected chi connectivity index (χ3v) is 2.94. The Morgan fingerprint density at radius 3 is 2.62 bits per heavy atom. The van der Waals surface area contributed by atoms with Crippen molar-refractivity contribution in [3.8, 4) is 17.3 Å². The highest BCUT2D eigenvalue weighted by molar-refractivity contribution is 7.98. The van der Waals surface area contributed by atoms with Gasteiger partial charge in [0.05, 0.1) is 0 Å². The predicted octanol–water partition coefficient (Wildman–Crippen LogP) is 2.52. The van der Waals surface area contributed by atoms with Crippen LogP contribution in [0.5, 0.6) is 0 Å². The maximum Gasteiger partial charge on any atom is 0.240 e. The SMILES string of the molecule is CSc1ccc(-c2noc(N)c2C#N)cc1. The van der Waals surface area contributed by atoms with Crippen LogP contribution >= 0.6 is 11.8 Å². The number of hydrogen-bond acceptors (Lipinski definition) is 5. The van der Waals surface area contributed by atoms with Crippen LogP contribution in [0.4, 0.5) is 5.88 Å². The Kier molecular flexibility index (Phi) is 2.84. The Morgan fingerprint density at radius 1 is 1.38 bits per heavy atom. The Morgan fingerprint density at radius 2 is 2.06 bits per heavy atom. The highest BCUT2D eigenvalue weighted by Gasteiger charge is 2.14. The summed E-state index contributed by atoms with van der Waals surface area (Å²) >= 11 is 1.65. The summed E-state index contributed by atoms with van der Waals surface area (Å²) in [6.45, 7) is 0. The Labute approximate surface area is 97.0 Å². The number of nitrogen functional groups attached to an aromatic ring is 1. The second-order valence-corrected chi connectivity index (χ2v) is 3.99. The van der Waals surface area contributed by atoms with E-state index >= 15 is 0 Å². The smallest absolute Gasteiger partial charge is 0.240 e. The van der Waals surface area contributed by atoms with Gasteiger partial charge in [0.1, 0.15) is 17.3 Å². The van der Waals surface area contributed by atoms with E-state index in [0.29, 0.717) is 5.69 Å². The van der Waals surface area contributed by atoms with E-state index in [2.05, 4.69) is 5.16 Å². The largest absolute Gasteiger partial charge is 0.366 e. The first-order valence-electron chi connectivity index (χ1n) is 4.56. The summed E-state index contributed by atoms with van der Waals surface area (Å²) in [5, 5.41) is 12.7. The fraction of sp³-hybridized carbons (Fsp3) is 0.0909. The van der Waals surface area contributed by atoms with E-state index in [9.17, 15) is 0 Å². The topological polar surface area (TPSA) is 75.8 Å². The Balaban J connectivity index is 2.47. The number of anilines is 1. The molecule has 0 amide bonds. The number of hydrogen-bond donors (Lipinski definition) is 1. The van der Waals surface area contributed by atoms with Crippen molar-refractivity contribution in [2.45, 2.75) is 4.90 Å². The molecule has 0 saturated carbocycles. The fourth-order valence-corrected chi connectivity index (χ4v) is 1.77. The highest BCUT2D eigenvalue weighted by atomic mass is 32.2. The average molecular weight is 231 g/mol. The molecule has 80 valence electrons. The van der Waals surface area contributed by atoms with Crippen LogP contribution in [0, 0.1) is 11.3 Å². The van der Waals surface area contributed by atoms with Crippen LogP contribution < -0.4 is 5.73 Å². The van der Waals surface area contributed by atoms with Crippen LogP contribution in [0.15, 0.2) is 33.7 Å². The van der Waals surface area contributed by atoms with Gasteiger partial charge in [-0.15, -0.1) is 11.8 Å². The van der Waals surface area contributed by atoms with Gasteiger partial charge in [0.15, 0.2) is 0 Å². The van der Waals surface area contributed by atoms with Crippen molar-refractivity contribution in [3.63, 3.8) is 0 Å². The number of aromatic nitrogens is 1. The molecule has 5 heteroatoms. The lowest BCUT2D eigenvalue weighted by Crippen LogP contribution is -1.86. The van der Waals surface area contributed by atoms with Gasteiger partial charge in [0.2, 0.25) is 5.88 Å². The monoisotopic (exact) mass is 231 g/mol. The molecule has 0 atom stereocenters. The lowest BCUT2D eigenvalue weighted by atomic mass is 10.1. The highest BCUT2D eigenvalue weighted by Crippen LogP contribution is 2.27. The molecule has 0 saturated heterocycles. The maximum absolute atomic E-state index is 8.92. The van der Waals surface area contributed by atoms with Crippen LogP contribution in [0.2, 0.25) is 0 Å². The number of nitriles is 1. The molecular formula is C11H9N3OS. The molecular weight excluding hydrogens is 222 g/mol. The van der Waals surface area contributed by atoms with E-state index in [0.717, 1.165) is 10.5 Å². The van der Waals surface area contributed by atoms with Gasteiger partial charge >= 0.3 is 0 Å². The van der Waals surface area contributed by atoms with Gasteiger partial charge in [-0.25, -0.2) is 0 Å². The van der Waals surface area contributed by atoms with Crippen molar-refractivity contribution in [1.82, 2.24) is 5.16 Å². The fourth-order valence-electron chi connectivity index (χ4n) is 1.36. The van der Waals surface area contributed by atoms with Crippen molar-refractivity contribution in [3.05, 3.63) is 29.8 Å². The molecule has 0 bridgehead atoms. The molecule has 4 nitrogen and oxygen atoms in total. The number of nitrogens with zero attached hydrogens (tertiary/aromatic N) is 2. The molecule has 1 heterocycles. The van der Waals surface area contributed by atoms with Crippen LogP contribution in [0.1, 0.15) is 5.56 Å². The van der Waals surface area contributed by atoms with Gasteiger partial charge in [0, 0.05) is 10.5 Å². The standard InChI is InChI=1S/C11H9N3OS/c1-16-8-4-2-7(3-5-8)10-9(6-12)11(13)15-14-10/h2-5H,13H2,1H3. The molecule has 1 aromatic heterocycles. The van der Waals surface area contributed by atoms with Gasteiger partial charge in [-0.1, -0.05) is 17.3 Å². The van der Waals surface area contributed by atoms with E-state index < -0.39 is 0 Å². The van der Waals surface area contributed by atoms with Crippen molar-refractivity contribution in [2.75, 3.05) is 12.0 Å². The van der Waals surface area contributed by atoms with Crippen LogP contribution in [-0.2, 0) is 0 Å². The summed E-state index contributed by atoms with van der Waals surface area (Å²) in [7, 11) is 0. The van der Waals surface area contributed by atoms with Crippen LogP contribution in [0.3, 0.4) is 0 Å². The van der Waals surface area contributed by atoms with Gasteiger partial charge in [-0.3, -0.25) is 0 Å². The summed E-state index contributed by atoms with van der Waals surface area (Å²) in [6, 6.07) is 9.70. The minimum absolute atomic E-state index is 0.0615. The summed E-state index contributed by atoms with van der Waals surface area (Å²) < 4.78 is 4.80. The molecule has 0 spiro atoms. The van der Waals surface area contributed by atoms with Crippen molar-refractivity contribution in [1.29, 1.82) is 5.26 Å². The second-order valence-electron chi connectivity index (χ2n) is 3.11. The zero-order valence-electron chi connectivity index (χ0n) is 8.60. The molecule has 16 heavy (non-hydrogen) atoms. The predicted molar refractivity (Wildman–Crippen MR) is 62.8 cm³/mol. The molecule has 1 aromatic carbocycles. The minimum atomic E-state index is 0.0615. The van der Waals surface area contributed by atoms with E-state index in [1.165, 1.54) is 0 Å². The minimum Gasteiger partial charge on any atom is -0.366 e. The third kappa shape index (κ3) is 1.75. The van der Waals surface area contributed by atoms with Crippen LogP contribution in [-0.4, -0.2) is 11.4 Å². The summed E-state index contributed by atoms with van der Waals surface area (Å²) in [5.41, 5.74) is 7.10. The quantitative estimate of drug-likeness (QED) is 0.804. The lowest BCUT2D eigenvalue weighted by molar-refractivity contribution is 0.439. The summed E-state index contributed by atoms with van der Waals surface area (Å²) in [6.07, 6.45) is 2.00. The van der Waals surface area contributed by atoms with Crippen LogP contribution in [0.25, 0.3) is 11.3 Å². The number of thioether (sulfide) groups is 1. The molecule has 0 fully saturated rings. The van der Waals surface area contributed by atoms with Gasteiger partial charge in [0.25, 0.3) is 0 Å². The molecule has 0 aliphatic carbocycles. The number of nitrogens with two attached hydrogens (primary N) is 1. The molecule has 2 N–H and O–H groups in total. The number of benzene rings is 1. The van der Waals surface area contributed by atoms with Crippen molar-refractivity contribution >= 4 is 17.6 Å². The lowest BCUT2D eigenvalue weighted by Gasteiger charge is -1.98. The Bertz CT molecular complexity index is 539. The number of rotatable bonds is 2. The average Bonchev–Trinajstić information content (AvgIpc) is 2.70. The van der Waals surface area contributed by atoms with E-state index in [1.807, 2.05) is 36.6 Å². The first kappa shape index (κ1) is 10.6. The van der Waals surface area contributed by atoms with Crippen molar-refractivity contribution < 1.29 is 4.52 Å². The van der Waals surface area contributed by atoms with Gasteiger partial charge < -0.3 is 10.3 Å². The summed E-state index contributed by atoms with van der Waals surface area (Å²) in [4.78, 5) is 1.15. The molecule has 0 aliphatic rings. The maximum atomic E-state index is 8.92. The first-order valence-corrected chi connectivity index (χ1v) is 5.78. The molecule has 0 unspecified atom stereocenters. The van der Waals surface area contributed by atoms with E-state index in [1.54, 1.807) is 11.8 Å². The van der Waals surface area contributed by atoms with Crippen molar-refractivity contribution in [2.24, 2.45) is 0 Å². The molecule has 0 radical (unpaired) electrons. The summed E-state index contributed by atoms with van der Waals surface area (Å²) in [5.74, 6) is 0.0615. The Hall–Kier alpha value is -1.93. The zero-order chi connectivity index (χ0) is 11.5. The molecule has 0 aliphatic heterocycles. The second kappa shape index (κ2) is 4.29. The van der Waals surface area contributed by atoms with Gasteiger partial charge in [-0.2, -0.15) is 5.26 Å². The first-order chi connectivity index (χ1) is 7.76. The molecule has 2 aromatic rings. The van der Waals surface area contributed by atoms with E-state index in [-0.39, 0.29) is 11.4 Å².